The van der Waals surface area contributed by atoms with E-state index < -0.39 is 0 Å². The van der Waals surface area contributed by atoms with Gasteiger partial charge in [-0.15, -0.1) is 10.2 Å². The van der Waals surface area contributed by atoms with Crippen molar-refractivity contribution < 1.29 is 5.11 Å². The Labute approximate surface area is 74.8 Å². The Morgan fingerprint density at radius 1 is 1.46 bits per heavy atom. The van der Waals surface area contributed by atoms with Crippen molar-refractivity contribution in [3.05, 3.63) is 24.2 Å². The maximum Gasteiger partial charge on any atom is 0.162 e. The average molecular weight is 178 g/mol. The molecule has 5 heteroatoms. The molecule has 0 aromatic carbocycles. The van der Waals surface area contributed by atoms with E-state index in [1.807, 2.05) is 4.40 Å². The van der Waals surface area contributed by atoms with Gasteiger partial charge in [-0.1, -0.05) is 0 Å². The van der Waals surface area contributed by atoms with E-state index in [4.69, 9.17) is 10.8 Å². The Morgan fingerprint density at radius 2 is 2.31 bits per heavy atom. The van der Waals surface area contributed by atoms with E-state index in [0.717, 1.165) is 5.82 Å². The van der Waals surface area contributed by atoms with E-state index >= 15 is 0 Å². The third kappa shape index (κ3) is 1.33. The number of pyridine rings is 1. The predicted molar refractivity (Wildman–Crippen MR) is 48.2 cm³/mol. The number of anilines is 1. The van der Waals surface area contributed by atoms with Crippen LogP contribution in [0.25, 0.3) is 5.65 Å². The van der Waals surface area contributed by atoms with Crippen molar-refractivity contribution in [1.82, 2.24) is 14.6 Å². The van der Waals surface area contributed by atoms with Crippen LogP contribution in [-0.2, 0) is 6.42 Å². The summed E-state index contributed by atoms with van der Waals surface area (Å²) in [4.78, 5) is 0. The molecule has 68 valence electrons. The van der Waals surface area contributed by atoms with Crippen LogP contribution in [0.15, 0.2) is 18.3 Å². The second-order valence-corrected chi connectivity index (χ2v) is 2.78. The van der Waals surface area contributed by atoms with Gasteiger partial charge in [0.1, 0.15) is 5.82 Å². The summed E-state index contributed by atoms with van der Waals surface area (Å²) < 4.78 is 1.81. The first-order chi connectivity index (χ1) is 6.31. The molecule has 0 saturated carbocycles. The highest BCUT2D eigenvalue weighted by Crippen LogP contribution is 2.08. The van der Waals surface area contributed by atoms with E-state index in [-0.39, 0.29) is 6.61 Å². The number of aliphatic hydroxyl groups excluding tert-OH is 1. The molecule has 0 spiro atoms. The van der Waals surface area contributed by atoms with Gasteiger partial charge in [-0.2, -0.15) is 0 Å². The lowest BCUT2D eigenvalue weighted by Crippen LogP contribution is -1.98. The van der Waals surface area contributed by atoms with Crippen molar-refractivity contribution in [1.29, 1.82) is 0 Å². The van der Waals surface area contributed by atoms with Crippen molar-refractivity contribution >= 4 is 11.3 Å². The maximum atomic E-state index is 8.75. The smallest absolute Gasteiger partial charge is 0.162 e. The highest BCUT2D eigenvalue weighted by Gasteiger charge is 2.03. The van der Waals surface area contributed by atoms with Crippen molar-refractivity contribution in [2.24, 2.45) is 0 Å². The molecule has 2 heterocycles. The highest BCUT2D eigenvalue weighted by molar-refractivity contribution is 5.51. The first-order valence-electron chi connectivity index (χ1n) is 4.01. The number of hydrogen-bond acceptors (Lipinski definition) is 4. The van der Waals surface area contributed by atoms with E-state index in [1.165, 1.54) is 0 Å². The minimum Gasteiger partial charge on any atom is -0.399 e. The van der Waals surface area contributed by atoms with Crippen LogP contribution in [0.3, 0.4) is 0 Å². The van der Waals surface area contributed by atoms with Crippen molar-refractivity contribution in [3.63, 3.8) is 0 Å². The molecule has 3 N–H and O–H groups in total. The van der Waals surface area contributed by atoms with Gasteiger partial charge in [0.2, 0.25) is 0 Å². The largest absolute Gasteiger partial charge is 0.399 e. The number of aliphatic hydroxyl groups is 1. The Hall–Kier alpha value is -1.62. The molecule has 0 aliphatic rings. The second kappa shape index (κ2) is 3.02. The predicted octanol–water partition coefficient (Wildman–Crippen LogP) is -0.154. The van der Waals surface area contributed by atoms with E-state index in [0.29, 0.717) is 17.8 Å². The van der Waals surface area contributed by atoms with Crippen LogP contribution in [0.2, 0.25) is 0 Å². The molecule has 2 aromatic heterocycles. The molecular weight excluding hydrogens is 168 g/mol. The fourth-order valence-electron chi connectivity index (χ4n) is 1.23. The molecule has 2 aromatic rings. The summed E-state index contributed by atoms with van der Waals surface area (Å²) in [6.07, 6.45) is 2.31. The Morgan fingerprint density at radius 3 is 3.08 bits per heavy atom. The molecule has 5 nitrogen and oxygen atoms in total. The molecule has 2 rings (SSSR count). The zero-order valence-electron chi connectivity index (χ0n) is 7.01. The Bertz CT molecular complexity index is 423. The van der Waals surface area contributed by atoms with Crippen molar-refractivity contribution in [3.8, 4) is 0 Å². The summed E-state index contributed by atoms with van der Waals surface area (Å²) >= 11 is 0. The van der Waals surface area contributed by atoms with Gasteiger partial charge in [0.25, 0.3) is 0 Å². The molecule has 0 atom stereocenters. The maximum absolute atomic E-state index is 8.75. The highest BCUT2D eigenvalue weighted by atomic mass is 16.3. The Balaban J connectivity index is 2.55. The molecule has 0 fully saturated rings. The molecule has 0 aliphatic carbocycles. The van der Waals surface area contributed by atoms with E-state index in [9.17, 15) is 0 Å². The third-order valence-corrected chi connectivity index (χ3v) is 1.84. The monoisotopic (exact) mass is 178 g/mol. The lowest BCUT2D eigenvalue weighted by atomic mass is 10.4. The first kappa shape index (κ1) is 8.00. The number of rotatable bonds is 2. The molecule has 0 unspecified atom stereocenters. The molecule has 0 saturated heterocycles. The zero-order valence-corrected chi connectivity index (χ0v) is 7.01. The zero-order chi connectivity index (χ0) is 9.26. The molecule has 0 amide bonds. The van der Waals surface area contributed by atoms with Gasteiger partial charge in [0, 0.05) is 24.4 Å². The first-order valence-corrected chi connectivity index (χ1v) is 4.01. The average Bonchev–Trinajstić information content (AvgIpc) is 2.49. The van der Waals surface area contributed by atoms with Crippen LogP contribution in [0.5, 0.6) is 0 Å². The summed E-state index contributed by atoms with van der Waals surface area (Å²) in [6.45, 7) is 0.0746. The summed E-state index contributed by atoms with van der Waals surface area (Å²) in [5, 5.41) is 16.6. The van der Waals surface area contributed by atoms with Crippen LogP contribution in [0, 0.1) is 0 Å². The minimum atomic E-state index is 0.0746. The van der Waals surface area contributed by atoms with Crippen molar-refractivity contribution in [2.45, 2.75) is 6.42 Å². The molecule has 13 heavy (non-hydrogen) atoms. The van der Waals surface area contributed by atoms with E-state index in [1.54, 1.807) is 18.3 Å². The number of hydrogen-bond donors (Lipinski definition) is 2. The summed E-state index contributed by atoms with van der Waals surface area (Å²) in [5.41, 5.74) is 6.95. The summed E-state index contributed by atoms with van der Waals surface area (Å²) in [5.74, 6) is 0.748. The molecule has 0 aliphatic heterocycles. The number of fused-ring (bicyclic) bond motifs is 1. The van der Waals surface area contributed by atoms with Crippen molar-refractivity contribution in [2.75, 3.05) is 12.3 Å². The minimum absolute atomic E-state index is 0.0746. The van der Waals surface area contributed by atoms with Gasteiger partial charge in [0.15, 0.2) is 5.65 Å². The van der Waals surface area contributed by atoms with Gasteiger partial charge >= 0.3 is 0 Å². The molecule has 0 bridgehead atoms. The normalized spacial score (nSPS) is 10.8. The summed E-state index contributed by atoms with van der Waals surface area (Å²) in [6, 6.07) is 3.52. The molecular formula is C8H10N4O. The fourth-order valence-corrected chi connectivity index (χ4v) is 1.23. The topological polar surface area (TPSA) is 76.4 Å². The number of nitrogens with zero attached hydrogens (tertiary/aromatic N) is 3. The summed E-state index contributed by atoms with van der Waals surface area (Å²) in [7, 11) is 0. The van der Waals surface area contributed by atoms with Gasteiger partial charge < -0.3 is 10.8 Å². The van der Waals surface area contributed by atoms with Crippen LogP contribution in [0.1, 0.15) is 5.82 Å². The number of aromatic nitrogens is 3. The van der Waals surface area contributed by atoms with Gasteiger partial charge in [-0.05, 0) is 6.07 Å². The standard InChI is InChI=1S/C8H10N4O/c9-6-1-3-12-7(2-4-13)10-11-8(12)5-6/h1,3,5,13H,2,4,9H2. The van der Waals surface area contributed by atoms with Crippen LogP contribution < -0.4 is 5.73 Å². The van der Waals surface area contributed by atoms with Crippen LogP contribution >= 0.6 is 0 Å². The molecule has 0 radical (unpaired) electrons. The second-order valence-electron chi connectivity index (χ2n) is 2.78. The number of nitrogens with two attached hydrogens (primary N) is 1. The van der Waals surface area contributed by atoms with Crippen LogP contribution in [-0.4, -0.2) is 26.3 Å². The van der Waals surface area contributed by atoms with E-state index in [2.05, 4.69) is 10.2 Å². The lowest BCUT2D eigenvalue weighted by molar-refractivity contribution is 0.296. The van der Waals surface area contributed by atoms with Crippen LogP contribution in [0.4, 0.5) is 5.69 Å². The SMILES string of the molecule is Nc1ccn2c(CCO)nnc2c1. The van der Waals surface area contributed by atoms with Gasteiger partial charge in [-0.25, -0.2) is 0 Å². The number of nitrogen functional groups attached to an aromatic ring is 1. The van der Waals surface area contributed by atoms with Gasteiger partial charge in [-0.3, -0.25) is 4.40 Å². The third-order valence-electron chi connectivity index (χ3n) is 1.84. The lowest BCUT2D eigenvalue weighted by Gasteiger charge is -1.97. The fraction of sp³-hybridized carbons (Fsp3) is 0.250. The quantitative estimate of drug-likeness (QED) is 0.670. The Kier molecular flexibility index (Phi) is 1.86. The van der Waals surface area contributed by atoms with Gasteiger partial charge in [0.05, 0.1) is 6.61 Å².